The summed E-state index contributed by atoms with van der Waals surface area (Å²) >= 11 is 0. The number of rotatable bonds is 20. The first kappa shape index (κ1) is 32.3. The van der Waals surface area contributed by atoms with Crippen molar-refractivity contribution in [2.24, 2.45) is 0 Å². The largest absolute Gasteiger partial charge is 0.478 e. The molecule has 196 valence electrons. The minimum atomic E-state index is -1.25. The van der Waals surface area contributed by atoms with Gasteiger partial charge in [-0.2, -0.15) is 0 Å². The lowest BCUT2D eigenvalue weighted by Crippen LogP contribution is -2.36. The number of carboxylic acids is 1. The highest BCUT2D eigenvalue weighted by Gasteiger charge is 2.06. The molecule has 0 bridgehead atoms. The number of aliphatic carboxylic acids is 1. The van der Waals surface area contributed by atoms with Gasteiger partial charge in [-0.15, -0.1) is 0 Å². The maximum absolute atomic E-state index is 11.8. The average molecular weight is 497 g/mol. The summed E-state index contributed by atoms with van der Waals surface area (Å²) in [6.07, 6.45) is 33.5. The summed E-state index contributed by atoms with van der Waals surface area (Å²) < 4.78 is 0. The zero-order chi connectivity index (χ0) is 26.7. The molecule has 0 aromatic rings. The van der Waals surface area contributed by atoms with Crippen LogP contribution >= 0.6 is 0 Å². The molecule has 7 heteroatoms. The highest BCUT2D eigenvalue weighted by atomic mass is 16.4. The van der Waals surface area contributed by atoms with E-state index >= 15 is 0 Å². The van der Waals surface area contributed by atoms with Crippen molar-refractivity contribution in [3.63, 3.8) is 0 Å². The Morgan fingerprint density at radius 2 is 1.06 bits per heavy atom. The van der Waals surface area contributed by atoms with Crippen molar-refractivity contribution in [1.82, 2.24) is 10.6 Å². The molecule has 0 unspecified atom stereocenters. The van der Waals surface area contributed by atoms with Gasteiger partial charge in [-0.3, -0.25) is 14.4 Å². The molecule has 0 aliphatic rings. The summed E-state index contributed by atoms with van der Waals surface area (Å²) in [5, 5.41) is 13.2. The number of amides is 2. The predicted molar refractivity (Wildman–Crippen MR) is 145 cm³/mol. The molecule has 0 rings (SSSR count). The van der Waals surface area contributed by atoms with Gasteiger partial charge in [0.2, 0.25) is 11.8 Å². The Hall–Kier alpha value is -3.74. The molecule has 0 spiro atoms. The summed E-state index contributed by atoms with van der Waals surface area (Å²) in [7, 11) is 0. The first-order valence-electron chi connectivity index (χ1n) is 12.3. The van der Waals surface area contributed by atoms with Crippen LogP contribution in [0.3, 0.4) is 0 Å². The lowest BCUT2D eigenvalue weighted by atomic mass is 10.2. The average Bonchev–Trinajstić information content (AvgIpc) is 2.86. The van der Waals surface area contributed by atoms with Gasteiger partial charge >= 0.3 is 5.97 Å². The van der Waals surface area contributed by atoms with Crippen LogP contribution < -0.4 is 10.6 Å². The van der Waals surface area contributed by atoms with Crippen LogP contribution in [0.25, 0.3) is 0 Å². The fourth-order valence-corrected chi connectivity index (χ4v) is 2.59. The fourth-order valence-electron chi connectivity index (χ4n) is 2.59. The third-order valence-corrected chi connectivity index (χ3v) is 4.45. The van der Waals surface area contributed by atoms with Crippen molar-refractivity contribution in [3.05, 3.63) is 85.1 Å². The third-order valence-electron chi connectivity index (χ3n) is 4.45. The topological polar surface area (TPSA) is 113 Å². The third kappa shape index (κ3) is 24.9. The zero-order valence-electron chi connectivity index (χ0n) is 21.2. The van der Waals surface area contributed by atoms with E-state index in [1.807, 2.05) is 12.2 Å². The van der Waals surface area contributed by atoms with Gasteiger partial charge in [0.25, 0.3) is 0 Å². The van der Waals surface area contributed by atoms with Gasteiger partial charge in [0.15, 0.2) is 5.78 Å². The molecule has 2 amide bonds. The second-order valence-electron chi connectivity index (χ2n) is 7.66. The first-order chi connectivity index (χ1) is 17.5. The number of hydrogen-bond acceptors (Lipinski definition) is 4. The number of carboxylic acid groups (broad SMARTS) is 1. The van der Waals surface area contributed by atoms with E-state index in [-0.39, 0.29) is 31.2 Å². The van der Waals surface area contributed by atoms with Gasteiger partial charge in [-0.1, -0.05) is 79.8 Å². The summed E-state index contributed by atoms with van der Waals surface area (Å²) in [5.74, 6) is -2.57. The molecule has 0 aliphatic heterocycles. The van der Waals surface area contributed by atoms with Crippen molar-refractivity contribution in [1.29, 1.82) is 0 Å². The molecular formula is C29H40N2O5. The first-order valence-corrected chi connectivity index (χ1v) is 12.3. The second kappa shape index (κ2) is 24.4. The number of nitrogens with one attached hydrogen (secondary N) is 2. The quantitative estimate of drug-likeness (QED) is 0.164. The SMILES string of the molecule is CCC=CCC=CCC=CCC=CCC=CCC=CCCC(=O)NCC(=O)CNC(=O)C=CC(=O)O. The summed E-state index contributed by atoms with van der Waals surface area (Å²) in [5.41, 5.74) is 0. The van der Waals surface area contributed by atoms with Crippen molar-refractivity contribution in [2.75, 3.05) is 13.1 Å². The predicted octanol–water partition coefficient (Wildman–Crippen LogP) is 4.91. The van der Waals surface area contributed by atoms with Crippen LogP contribution in [0.15, 0.2) is 85.1 Å². The molecule has 0 saturated carbocycles. The summed E-state index contributed by atoms with van der Waals surface area (Å²) in [4.78, 5) is 45.0. The highest BCUT2D eigenvalue weighted by molar-refractivity contribution is 5.96. The van der Waals surface area contributed by atoms with E-state index < -0.39 is 11.9 Å². The molecule has 0 fully saturated rings. The fraction of sp³-hybridized carbons (Fsp3) is 0.379. The molecule has 7 nitrogen and oxygen atoms in total. The van der Waals surface area contributed by atoms with Crippen LogP contribution in [-0.2, 0) is 19.2 Å². The van der Waals surface area contributed by atoms with E-state index in [1.54, 1.807) is 0 Å². The van der Waals surface area contributed by atoms with Crippen LogP contribution in [0.2, 0.25) is 0 Å². The Balaban J connectivity index is 3.74. The maximum Gasteiger partial charge on any atom is 0.328 e. The van der Waals surface area contributed by atoms with Crippen molar-refractivity contribution >= 4 is 23.6 Å². The molecular weight excluding hydrogens is 456 g/mol. The summed E-state index contributed by atoms with van der Waals surface area (Å²) in [6, 6.07) is 0. The molecule has 0 saturated heterocycles. The van der Waals surface area contributed by atoms with Gasteiger partial charge in [-0.05, 0) is 44.9 Å². The van der Waals surface area contributed by atoms with Gasteiger partial charge in [0, 0.05) is 18.6 Å². The number of allylic oxidation sites excluding steroid dienone is 12. The Bertz CT molecular complexity index is 861. The molecule has 3 N–H and O–H groups in total. The number of carbonyl (C=O) groups is 4. The minimum Gasteiger partial charge on any atom is -0.478 e. The van der Waals surface area contributed by atoms with Crippen molar-refractivity contribution in [2.45, 2.75) is 58.3 Å². The van der Waals surface area contributed by atoms with Gasteiger partial charge in [0.1, 0.15) is 0 Å². The molecule has 0 heterocycles. The van der Waals surface area contributed by atoms with Crippen LogP contribution in [0.1, 0.15) is 58.3 Å². The second-order valence-corrected chi connectivity index (χ2v) is 7.66. The van der Waals surface area contributed by atoms with E-state index in [4.69, 9.17) is 5.11 Å². The molecule has 0 aromatic carbocycles. The maximum atomic E-state index is 11.8. The lowest BCUT2D eigenvalue weighted by Gasteiger charge is -2.04. The van der Waals surface area contributed by atoms with E-state index in [0.717, 1.165) is 44.6 Å². The molecule has 0 atom stereocenters. The van der Waals surface area contributed by atoms with E-state index in [2.05, 4.69) is 78.3 Å². The number of ketones is 1. The van der Waals surface area contributed by atoms with Crippen LogP contribution in [0.4, 0.5) is 0 Å². The molecule has 0 radical (unpaired) electrons. The lowest BCUT2D eigenvalue weighted by molar-refractivity contribution is -0.131. The Morgan fingerprint density at radius 1 is 0.611 bits per heavy atom. The van der Waals surface area contributed by atoms with Gasteiger partial charge < -0.3 is 15.7 Å². The van der Waals surface area contributed by atoms with Gasteiger partial charge in [-0.25, -0.2) is 4.79 Å². The van der Waals surface area contributed by atoms with Crippen LogP contribution in [0, 0.1) is 0 Å². The minimum absolute atomic E-state index is 0.189. The molecule has 0 aliphatic carbocycles. The van der Waals surface area contributed by atoms with E-state index in [9.17, 15) is 19.2 Å². The Morgan fingerprint density at radius 3 is 1.53 bits per heavy atom. The number of carbonyl (C=O) groups excluding carboxylic acids is 3. The smallest absolute Gasteiger partial charge is 0.328 e. The Kier molecular flexibility index (Phi) is 21.9. The van der Waals surface area contributed by atoms with Crippen molar-refractivity contribution < 1.29 is 24.3 Å². The monoisotopic (exact) mass is 496 g/mol. The van der Waals surface area contributed by atoms with Gasteiger partial charge in [0.05, 0.1) is 13.1 Å². The van der Waals surface area contributed by atoms with Crippen molar-refractivity contribution in [3.8, 4) is 0 Å². The number of hydrogen-bond donors (Lipinski definition) is 3. The van der Waals surface area contributed by atoms with E-state index in [1.165, 1.54) is 0 Å². The summed E-state index contributed by atoms with van der Waals surface area (Å²) in [6.45, 7) is 1.66. The highest BCUT2D eigenvalue weighted by Crippen LogP contribution is 1.97. The molecule has 36 heavy (non-hydrogen) atoms. The zero-order valence-corrected chi connectivity index (χ0v) is 21.2. The van der Waals surface area contributed by atoms with E-state index in [0.29, 0.717) is 12.5 Å². The molecule has 0 aromatic heterocycles. The van der Waals surface area contributed by atoms with Crippen LogP contribution in [0.5, 0.6) is 0 Å². The Labute approximate surface area is 215 Å². The standard InChI is InChI=1S/C29H40N2O5/c1-2-3-4-5-6-7-8-9-10-11-12-13-14-15-16-17-18-19-20-21-27(33)30-24-26(32)25-31-28(34)22-23-29(35)36/h3-4,6-7,9-10,12-13,15-16,18-19,22-23H,2,5,8,11,14,17,20-21,24-25H2,1H3,(H,30,33)(H,31,34)(H,35,36). The number of Topliss-reactive ketones (excluding diaryl/α,β-unsaturated/α-hetero) is 1. The normalized spacial score (nSPS) is 12.4. The van der Waals surface area contributed by atoms with Crippen LogP contribution in [-0.4, -0.2) is 41.8 Å².